The van der Waals surface area contributed by atoms with Crippen molar-refractivity contribution in [3.05, 3.63) is 0 Å². The highest BCUT2D eigenvalue weighted by Gasteiger charge is 2.56. The van der Waals surface area contributed by atoms with Crippen LogP contribution in [0.15, 0.2) is 0 Å². The number of hydrogen-bond acceptors (Lipinski definition) is 3. The van der Waals surface area contributed by atoms with Crippen molar-refractivity contribution >= 4 is 0 Å². The first-order valence-corrected chi connectivity index (χ1v) is 5.73. The summed E-state index contributed by atoms with van der Waals surface area (Å²) in [6.07, 6.45) is 6.65. The maximum Gasteiger partial charge on any atom is 0.0658 e. The SMILES string of the molecule is ONCC12CC3CC(CC(O)(C3)C1)C2. The van der Waals surface area contributed by atoms with E-state index in [1.165, 1.54) is 19.3 Å². The summed E-state index contributed by atoms with van der Waals surface area (Å²) in [4.78, 5) is 0. The van der Waals surface area contributed by atoms with E-state index in [1.807, 2.05) is 0 Å². The van der Waals surface area contributed by atoms with Crippen LogP contribution >= 0.6 is 0 Å². The smallest absolute Gasteiger partial charge is 0.0658 e. The van der Waals surface area contributed by atoms with Gasteiger partial charge in [0.25, 0.3) is 0 Å². The van der Waals surface area contributed by atoms with Gasteiger partial charge in [-0.2, -0.15) is 0 Å². The molecule has 0 aromatic heterocycles. The molecule has 0 amide bonds. The maximum atomic E-state index is 10.4. The second-order valence-corrected chi connectivity index (χ2v) is 6.02. The number of rotatable bonds is 2. The van der Waals surface area contributed by atoms with Crippen LogP contribution in [0.3, 0.4) is 0 Å². The van der Waals surface area contributed by atoms with E-state index in [9.17, 15) is 5.11 Å². The van der Waals surface area contributed by atoms with Gasteiger partial charge in [-0.05, 0) is 55.8 Å². The van der Waals surface area contributed by atoms with Crippen molar-refractivity contribution < 1.29 is 10.3 Å². The van der Waals surface area contributed by atoms with Crippen LogP contribution in [0, 0.1) is 17.3 Å². The molecule has 2 unspecified atom stereocenters. The maximum absolute atomic E-state index is 10.4. The molecule has 80 valence electrons. The van der Waals surface area contributed by atoms with Crippen molar-refractivity contribution in [1.82, 2.24) is 5.48 Å². The van der Waals surface area contributed by atoms with Crippen LogP contribution in [0.1, 0.15) is 38.5 Å². The molecule has 0 spiro atoms. The van der Waals surface area contributed by atoms with Crippen molar-refractivity contribution in [2.75, 3.05) is 6.54 Å². The van der Waals surface area contributed by atoms with Gasteiger partial charge in [-0.25, -0.2) is 5.48 Å². The third-order valence-corrected chi connectivity index (χ3v) is 4.61. The minimum Gasteiger partial charge on any atom is -0.390 e. The van der Waals surface area contributed by atoms with E-state index in [-0.39, 0.29) is 11.0 Å². The van der Waals surface area contributed by atoms with Gasteiger partial charge in [0.15, 0.2) is 0 Å². The van der Waals surface area contributed by atoms with Crippen molar-refractivity contribution in [2.45, 2.75) is 44.1 Å². The fourth-order valence-corrected chi connectivity index (χ4v) is 4.78. The molecular weight excluding hydrogens is 178 g/mol. The minimum atomic E-state index is -0.388. The topological polar surface area (TPSA) is 52.5 Å². The second kappa shape index (κ2) is 2.71. The van der Waals surface area contributed by atoms with Crippen LogP contribution in [0.4, 0.5) is 0 Å². The molecule has 3 heteroatoms. The molecule has 0 aliphatic heterocycles. The highest BCUT2D eigenvalue weighted by molar-refractivity contribution is 5.08. The lowest BCUT2D eigenvalue weighted by atomic mass is 9.48. The van der Waals surface area contributed by atoms with Gasteiger partial charge >= 0.3 is 0 Å². The predicted molar refractivity (Wildman–Crippen MR) is 51.9 cm³/mol. The third kappa shape index (κ3) is 1.23. The lowest BCUT2D eigenvalue weighted by molar-refractivity contribution is -0.167. The second-order valence-electron chi connectivity index (χ2n) is 6.02. The molecule has 4 rings (SSSR count). The van der Waals surface area contributed by atoms with Gasteiger partial charge < -0.3 is 10.3 Å². The van der Waals surface area contributed by atoms with Gasteiger partial charge in [-0.3, -0.25) is 0 Å². The molecule has 0 heterocycles. The zero-order valence-corrected chi connectivity index (χ0v) is 8.50. The lowest BCUT2D eigenvalue weighted by Gasteiger charge is -2.60. The fraction of sp³-hybridized carbons (Fsp3) is 1.00. The standard InChI is InChI=1S/C11H19NO2/c13-11-4-8-1-9(5-11)3-10(2-8,6-11)7-12-14/h8-9,12-14H,1-7H2. The molecule has 4 fully saturated rings. The average molecular weight is 197 g/mol. The summed E-state index contributed by atoms with van der Waals surface area (Å²) in [5.41, 5.74) is 2.14. The fourth-order valence-electron chi connectivity index (χ4n) is 4.78. The molecule has 0 aromatic carbocycles. The number of hydrogen-bond donors (Lipinski definition) is 3. The highest BCUT2D eigenvalue weighted by Crippen LogP contribution is 2.61. The molecule has 4 aliphatic carbocycles. The quantitative estimate of drug-likeness (QED) is 0.585. The molecule has 0 aromatic rings. The van der Waals surface area contributed by atoms with Gasteiger partial charge in [0.2, 0.25) is 0 Å². The Bertz CT molecular complexity index is 240. The lowest BCUT2D eigenvalue weighted by Crippen LogP contribution is -2.58. The molecule has 0 saturated heterocycles. The van der Waals surface area contributed by atoms with E-state index >= 15 is 0 Å². The van der Waals surface area contributed by atoms with Crippen LogP contribution < -0.4 is 5.48 Å². The van der Waals surface area contributed by atoms with Crippen LogP contribution in [0.2, 0.25) is 0 Å². The van der Waals surface area contributed by atoms with Gasteiger partial charge in [-0.1, -0.05) is 0 Å². The molecular formula is C11H19NO2. The van der Waals surface area contributed by atoms with Gasteiger partial charge in [0.1, 0.15) is 0 Å². The Labute approximate surface area is 84.5 Å². The first-order valence-electron chi connectivity index (χ1n) is 5.73. The third-order valence-electron chi connectivity index (χ3n) is 4.61. The van der Waals surface area contributed by atoms with Gasteiger partial charge in [-0.15, -0.1) is 0 Å². The van der Waals surface area contributed by atoms with Crippen molar-refractivity contribution in [1.29, 1.82) is 0 Å². The summed E-state index contributed by atoms with van der Waals surface area (Å²) in [6, 6.07) is 0. The molecule has 14 heavy (non-hydrogen) atoms. The molecule has 2 atom stereocenters. The molecule has 4 aliphatic rings. The van der Waals surface area contributed by atoms with E-state index < -0.39 is 0 Å². The Balaban J connectivity index is 1.89. The van der Waals surface area contributed by atoms with Crippen LogP contribution in [0.25, 0.3) is 0 Å². The average Bonchev–Trinajstić information content (AvgIpc) is 1.97. The monoisotopic (exact) mass is 197 g/mol. The van der Waals surface area contributed by atoms with E-state index in [4.69, 9.17) is 5.21 Å². The van der Waals surface area contributed by atoms with Crippen LogP contribution in [-0.2, 0) is 0 Å². The number of hydroxylamine groups is 1. The number of nitrogens with one attached hydrogen (secondary N) is 1. The molecule has 4 bridgehead atoms. The first kappa shape index (κ1) is 9.13. The Hall–Kier alpha value is -0.120. The molecule has 3 N–H and O–H groups in total. The summed E-state index contributed by atoms with van der Waals surface area (Å²) in [6.45, 7) is 0.669. The Morgan fingerprint density at radius 1 is 1.14 bits per heavy atom. The van der Waals surface area contributed by atoms with E-state index in [1.54, 1.807) is 0 Å². The van der Waals surface area contributed by atoms with E-state index in [0.717, 1.165) is 31.1 Å². The Morgan fingerprint density at radius 2 is 1.79 bits per heavy atom. The van der Waals surface area contributed by atoms with Crippen LogP contribution in [-0.4, -0.2) is 22.5 Å². The van der Waals surface area contributed by atoms with E-state index in [2.05, 4.69) is 5.48 Å². The molecule has 3 nitrogen and oxygen atoms in total. The van der Waals surface area contributed by atoms with E-state index in [0.29, 0.717) is 6.54 Å². The minimum absolute atomic E-state index is 0.202. The van der Waals surface area contributed by atoms with Crippen molar-refractivity contribution in [2.24, 2.45) is 17.3 Å². The summed E-state index contributed by atoms with van der Waals surface area (Å²) in [5, 5.41) is 19.3. The Kier molecular flexibility index (Phi) is 1.77. The predicted octanol–water partition coefficient (Wildman–Crippen LogP) is 1.30. The zero-order valence-electron chi connectivity index (χ0n) is 8.50. The van der Waals surface area contributed by atoms with Gasteiger partial charge in [0.05, 0.1) is 5.60 Å². The van der Waals surface area contributed by atoms with Crippen LogP contribution in [0.5, 0.6) is 0 Å². The molecule has 4 saturated carbocycles. The zero-order chi connectivity index (χ0) is 9.81. The number of aliphatic hydroxyl groups is 1. The summed E-state index contributed by atoms with van der Waals surface area (Å²) in [7, 11) is 0. The van der Waals surface area contributed by atoms with Crippen molar-refractivity contribution in [3.63, 3.8) is 0 Å². The normalized spacial score (nSPS) is 55.3. The summed E-state index contributed by atoms with van der Waals surface area (Å²) >= 11 is 0. The summed E-state index contributed by atoms with van der Waals surface area (Å²) in [5.74, 6) is 1.43. The largest absolute Gasteiger partial charge is 0.390 e. The van der Waals surface area contributed by atoms with Gasteiger partial charge in [0, 0.05) is 6.54 Å². The van der Waals surface area contributed by atoms with Crippen molar-refractivity contribution in [3.8, 4) is 0 Å². The highest BCUT2D eigenvalue weighted by atomic mass is 16.5. The Morgan fingerprint density at radius 3 is 2.29 bits per heavy atom. The molecule has 0 radical (unpaired) electrons. The first-order chi connectivity index (χ1) is 6.63. The summed E-state index contributed by atoms with van der Waals surface area (Å²) < 4.78 is 0.